The van der Waals surface area contributed by atoms with Gasteiger partial charge in [0.05, 0.1) is 0 Å². The minimum Gasteiger partial charge on any atom is -0.454 e. The van der Waals surface area contributed by atoms with Crippen LogP contribution in [-0.2, 0) is 17.8 Å². The number of hydrogen-bond acceptors (Lipinski definition) is 4. The van der Waals surface area contributed by atoms with Crippen LogP contribution < -0.4 is 14.8 Å². The zero-order valence-corrected chi connectivity index (χ0v) is 12.1. The smallest absolute Gasteiger partial charge is 0.407 e. The van der Waals surface area contributed by atoms with Crippen molar-refractivity contribution in [2.24, 2.45) is 0 Å². The van der Waals surface area contributed by atoms with Crippen molar-refractivity contribution in [2.45, 2.75) is 13.0 Å². The molecule has 1 N–H and O–H groups in total. The molecule has 1 heterocycles. The second kappa shape index (κ2) is 6.85. The minimum atomic E-state index is -0.412. The Labute approximate surface area is 128 Å². The minimum absolute atomic E-state index is 0.267. The lowest BCUT2D eigenvalue weighted by molar-refractivity contribution is 0.140. The van der Waals surface area contributed by atoms with E-state index in [4.69, 9.17) is 14.2 Å². The first kappa shape index (κ1) is 14.3. The third-order valence-electron chi connectivity index (χ3n) is 3.33. The van der Waals surface area contributed by atoms with Crippen molar-refractivity contribution in [3.05, 3.63) is 59.7 Å². The maximum absolute atomic E-state index is 11.6. The van der Waals surface area contributed by atoms with Gasteiger partial charge in [0.15, 0.2) is 11.5 Å². The number of benzene rings is 2. The van der Waals surface area contributed by atoms with E-state index in [0.29, 0.717) is 13.0 Å². The van der Waals surface area contributed by atoms with E-state index in [2.05, 4.69) is 5.32 Å². The molecule has 1 amide bonds. The second-order valence-electron chi connectivity index (χ2n) is 4.93. The standard InChI is InChI=1S/C17H17NO4/c19-17(20-11-14-4-2-1-3-5-14)18-9-8-13-6-7-15-16(10-13)22-12-21-15/h1-7,10H,8-9,11-12H2,(H,18,19). The van der Waals surface area contributed by atoms with E-state index >= 15 is 0 Å². The molecule has 2 aromatic rings. The van der Waals surface area contributed by atoms with Crippen molar-refractivity contribution < 1.29 is 19.0 Å². The van der Waals surface area contributed by atoms with E-state index in [1.165, 1.54) is 0 Å². The quantitative estimate of drug-likeness (QED) is 0.922. The van der Waals surface area contributed by atoms with Crippen LogP contribution in [0.2, 0.25) is 0 Å². The van der Waals surface area contributed by atoms with Crippen molar-refractivity contribution in [3.8, 4) is 11.5 Å². The number of ether oxygens (including phenoxy) is 3. The van der Waals surface area contributed by atoms with Crippen LogP contribution in [-0.4, -0.2) is 19.4 Å². The molecule has 2 aromatic carbocycles. The highest BCUT2D eigenvalue weighted by Crippen LogP contribution is 2.32. The monoisotopic (exact) mass is 299 g/mol. The Morgan fingerprint density at radius 3 is 2.73 bits per heavy atom. The van der Waals surface area contributed by atoms with Crippen LogP contribution in [0, 0.1) is 0 Å². The predicted molar refractivity (Wildman–Crippen MR) is 80.9 cm³/mol. The maximum Gasteiger partial charge on any atom is 0.407 e. The molecule has 22 heavy (non-hydrogen) atoms. The Morgan fingerprint density at radius 1 is 1.05 bits per heavy atom. The van der Waals surface area contributed by atoms with Crippen LogP contribution >= 0.6 is 0 Å². The number of amides is 1. The van der Waals surface area contributed by atoms with Crippen LogP contribution in [0.4, 0.5) is 4.79 Å². The highest BCUT2D eigenvalue weighted by Gasteiger charge is 2.13. The van der Waals surface area contributed by atoms with E-state index in [9.17, 15) is 4.79 Å². The summed E-state index contributed by atoms with van der Waals surface area (Å²) >= 11 is 0. The van der Waals surface area contributed by atoms with E-state index in [0.717, 1.165) is 22.6 Å². The van der Waals surface area contributed by atoms with E-state index in [1.54, 1.807) is 0 Å². The van der Waals surface area contributed by atoms with Gasteiger partial charge in [-0.15, -0.1) is 0 Å². The molecule has 0 spiro atoms. The first-order valence-electron chi connectivity index (χ1n) is 7.14. The third kappa shape index (κ3) is 3.69. The molecule has 1 aliphatic heterocycles. The third-order valence-corrected chi connectivity index (χ3v) is 3.33. The number of hydrogen-bond donors (Lipinski definition) is 1. The van der Waals surface area contributed by atoms with Gasteiger partial charge in [0.2, 0.25) is 6.79 Å². The Hall–Kier alpha value is -2.69. The fourth-order valence-electron chi connectivity index (χ4n) is 2.18. The summed E-state index contributed by atoms with van der Waals surface area (Å²) in [6, 6.07) is 15.4. The Kier molecular flexibility index (Phi) is 4.44. The molecule has 0 saturated heterocycles. The summed E-state index contributed by atoms with van der Waals surface area (Å²) in [5.74, 6) is 1.52. The zero-order chi connectivity index (χ0) is 15.2. The molecule has 114 valence electrons. The lowest BCUT2D eigenvalue weighted by Crippen LogP contribution is -2.26. The summed E-state index contributed by atoms with van der Waals surface area (Å²) in [7, 11) is 0. The zero-order valence-electron chi connectivity index (χ0n) is 12.1. The largest absolute Gasteiger partial charge is 0.454 e. The number of fused-ring (bicyclic) bond motifs is 1. The molecule has 3 rings (SSSR count). The SMILES string of the molecule is O=C(NCCc1ccc2c(c1)OCO2)OCc1ccccc1. The first-order valence-corrected chi connectivity index (χ1v) is 7.14. The maximum atomic E-state index is 11.6. The van der Waals surface area contributed by atoms with Gasteiger partial charge in [-0.25, -0.2) is 4.79 Å². The van der Waals surface area contributed by atoms with E-state index < -0.39 is 6.09 Å². The van der Waals surface area contributed by atoms with Crippen LogP contribution in [0.3, 0.4) is 0 Å². The molecule has 0 saturated carbocycles. The fraction of sp³-hybridized carbons (Fsp3) is 0.235. The molecule has 5 heteroatoms. The number of nitrogens with one attached hydrogen (secondary N) is 1. The van der Waals surface area contributed by atoms with Crippen molar-refractivity contribution in [3.63, 3.8) is 0 Å². The van der Waals surface area contributed by atoms with Gasteiger partial charge in [0, 0.05) is 6.54 Å². The van der Waals surface area contributed by atoms with Crippen LogP contribution in [0.1, 0.15) is 11.1 Å². The Balaban J connectivity index is 1.40. The van der Waals surface area contributed by atoms with E-state index in [1.807, 2.05) is 48.5 Å². The van der Waals surface area contributed by atoms with Gasteiger partial charge in [-0.2, -0.15) is 0 Å². The van der Waals surface area contributed by atoms with Gasteiger partial charge in [0.1, 0.15) is 6.61 Å². The predicted octanol–water partition coefficient (Wildman–Crippen LogP) is 2.88. The fourth-order valence-corrected chi connectivity index (χ4v) is 2.18. The average Bonchev–Trinajstić information content (AvgIpc) is 3.02. The molecule has 1 aliphatic rings. The summed E-state index contributed by atoms with van der Waals surface area (Å²) < 4.78 is 15.7. The van der Waals surface area contributed by atoms with Gasteiger partial charge >= 0.3 is 6.09 Å². The lowest BCUT2D eigenvalue weighted by Gasteiger charge is -2.07. The molecular formula is C17H17NO4. The molecule has 0 atom stereocenters. The van der Waals surface area contributed by atoms with Gasteiger partial charge < -0.3 is 19.5 Å². The molecule has 0 fully saturated rings. The number of carbonyl (C=O) groups excluding carboxylic acids is 1. The topological polar surface area (TPSA) is 56.8 Å². The van der Waals surface area contributed by atoms with E-state index in [-0.39, 0.29) is 13.4 Å². The van der Waals surface area contributed by atoms with Crippen LogP contribution in [0.15, 0.2) is 48.5 Å². The Bertz CT molecular complexity index is 642. The second-order valence-corrected chi connectivity index (χ2v) is 4.93. The average molecular weight is 299 g/mol. The lowest BCUT2D eigenvalue weighted by atomic mass is 10.1. The number of rotatable bonds is 5. The molecular weight excluding hydrogens is 282 g/mol. The summed E-state index contributed by atoms with van der Waals surface area (Å²) in [6.45, 7) is 1.05. The summed E-state index contributed by atoms with van der Waals surface area (Å²) in [5.41, 5.74) is 2.04. The number of carbonyl (C=O) groups is 1. The summed E-state index contributed by atoms with van der Waals surface area (Å²) in [5, 5.41) is 2.74. The molecule has 0 aromatic heterocycles. The molecule has 0 aliphatic carbocycles. The Morgan fingerprint density at radius 2 is 1.86 bits per heavy atom. The summed E-state index contributed by atoms with van der Waals surface area (Å²) in [4.78, 5) is 11.6. The molecule has 0 bridgehead atoms. The highest BCUT2D eigenvalue weighted by molar-refractivity contribution is 5.67. The van der Waals surface area contributed by atoms with Gasteiger partial charge in [0.25, 0.3) is 0 Å². The molecule has 0 unspecified atom stereocenters. The number of alkyl carbamates (subject to hydrolysis) is 1. The van der Waals surface area contributed by atoms with Crippen molar-refractivity contribution in [2.75, 3.05) is 13.3 Å². The molecule has 0 radical (unpaired) electrons. The van der Waals surface area contributed by atoms with Crippen molar-refractivity contribution in [1.29, 1.82) is 0 Å². The van der Waals surface area contributed by atoms with Crippen LogP contribution in [0.25, 0.3) is 0 Å². The van der Waals surface area contributed by atoms with Crippen LogP contribution in [0.5, 0.6) is 11.5 Å². The molecule has 5 nitrogen and oxygen atoms in total. The normalized spacial score (nSPS) is 12.0. The van der Waals surface area contributed by atoms with Gasteiger partial charge in [-0.3, -0.25) is 0 Å². The van der Waals surface area contributed by atoms with Gasteiger partial charge in [-0.05, 0) is 29.7 Å². The van der Waals surface area contributed by atoms with Gasteiger partial charge in [-0.1, -0.05) is 36.4 Å². The van der Waals surface area contributed by atoms with Crippen molar-refractivity contribution >= 4 is 6.09 Å². The first-order chi connectivity index (χ1) is 10.8. The van der Waals surface area contributed by atoms with Crippen molar-refractivity contribution in [1.82, 2.24) is 5.32 Å². The highest BCUT2D eigenvalue weighted by atomic mass is 16.7. The summed E-state index contributed by atoms with van der Waals surface area (Å²) in [6.07, 6.45) is 0.293.